The van der Waals surface area contributed by atoms with Crippen LogP contribution in [-0.4, -0.2) is 51.0 Å². The number of fused-ring (bicyclic) bond motifs is 1. The van der Waals surface area contributed by atoms with Crippen LogP contribution in [0.1, 0.15) is 36.8 Å². The van der Waals surface area contributed by atoms with Crippen LogP contribution < -0.4 is 0 Å². The first-order valence-electron chi connectivity index (χ1n) is 6.52. The molecule has 5 heteroatoms. The zero-order chi connectivity index (χ0) is 11.8. The number of nitrogens with zero attached hydrogens (tertiary/aromatic N) is 4. The number of aryl methyl sites for hydroxylation is 1. The van der Waals surface area contributed by atoms with E-state index in [0.717, 1.165) is 50.4 Å². The summed E-state index contributed by atoms with van der Waals surface area (Å²) >= 11 is 0. The lowest BCUT2D eigenvalue weighted by Gasteiger charge is -2.27. The van der Waals surface area contributed by atoms with Crippen LogP contribution in [0.5, 0.6) is 0 Å². The highest BCUT2D eigenvalue weighted by Crippen LogP contribution is 2.26. The van der Waals surface area contributed by atoms with E-state index in [-0.39, 0.29) is 6.10 Å². The molecule has 5 nitrogen and oxygen atoms in total. The van der Waals surface area contributed by atoms with Gasteiger partial charge in [0.05, 0.1) is 12.6 Å². The number of aromatic nitrogens is 3. The Labute approximate surface area is 101 Å². The molecule has 17 heavy (non-hydrogen) atoms. The lowest BCUT2D eigenvalue weighted by Crippen LogP contribution is -2.29. The fourth-order valence-corrected chi connectivity index (χ4v) is 2.75. The molecule has 0 amide bonds. The van der Waals surface area contributed by atoms with E-state index in [1.807, 2.05) is 4.68 Å². The third-order valence-corrected chi connectivity index (χ3v) is 3.93. The zero-order valence-corrected chi connectivity index (χ0v) is 10.3. The molecule has 0 aliphatic carbocycles. The Hall–Kier alpha value is -0.940. The minimum Gasteiger partial charge on any atom is -0.391 e. The van der Waals surface area contributed by atoms with Gasteiger partial charge in [-0.2, -0.15) is 5.10 Å². The predicted octanol–water partition coefficient (Wildman–Crippen LogP) is 0.394. The van der Waals surface area contributed by atoms with Crippen molar-refractivity contribution in [1.29, 1.82) is 0 Å². The maximum absolute atomic E-state index is 9.61. The van der Waals surface area contributed by atoms with Crippen molar-refractivity contribution in [2.24, 2.45) is 0 Å². The molecule has 1 atom stereocenters. The van der Waals surface area contributed by atoms with Crippen molar-refractivity contribution in [3.8, 4) is 0 Å². The Morgan fingerprint density at radius 3 is 2.76 bits per heavy atom. The molecule has 0 spiro atoms. The molecule has 0 bridgehead atoms. The summed E-state index contributed by atoms with van der Waals surface area (Å²) in [5.74, 6) is 2.58. The molecule has 3 heterocycles. The molecule has 1 aromatic heterocycles. The summed E-state index contributed by atoms with van der Waals surface area (Å²) in [6.45, 7) is 2.89. The van der Waals surface area contributed by atoms with Crippen LogP contribution >= 0.6 is 0 Å². The Bertz CT molecular complexity index is 395. The van der Waals surface area contributed by atoms with Crippen molar-refractivity contribution in [2.45, 2.75) is 44.2 Å². The van der Waals surface area contributed by atoms with Crippen LogP contribution in [-0.2, 0) is 13.0 Å². The number of piperidine rings is 1. The summed E-state index contributed by atoms with van der Waals surface area (Å²) in [4.78, 5) is 7.01. The van der Waals surface area contributed by atoms with Gasteiger partial charge in [0.25, 0.3) is 0 Å². The summed E-state index contributed by atoms with van der Waals surface area (Å²) in [7, 11) is 2.16. The van der Waals surface area contributed by atoms with Crippen LogP contribution in [0, 0.1) is 0 Å². The normalized spacial score (nSPS) is 27.1. The SMILES string of the molecule is CN1CCC(c2nc3n(n2)CC(O)CC3)CC1. The largest absolute Gasteiger partial charge is 0.391 e. The second kappa shape index (κ2) is 4.38. The average molecular weight is 236 g/mol. The summed E-state index contributed by atoms with van der Waals surface area (Å²) in [5.41, 5.74) is 0. The Balaban J connectivity index is 1.76. The molecular formula is C12H20N4O. The summed E-state index contributed by atoms with van der Waals surface area (Å²) in [6.07, 6.45) is 3.76. The summed E-state index contributed by atoms with van der Waals surface area (Å²) in [6, 6.07) is 0. The zero-order valence-electron chi connectivity index (χ0n) is 10.3. The summed E-state index contributed by atoms with van der Waals surface area (Å²) < 4.78 is 1.90. The molecule has 1 N–H and O–H groups in total. The van der Waals surface area contributed by atoms with E-state index in [9.17, 15) is 5.11 Å². The second-order valence-corrected chi connectivity index (χ2v) is 5.34. The fourth-order valence-electron chi connectivity index (χ4n) is 2.75. The predicted molar refractivity (Wildman–Crippen MR) is 63.8 cm³/mol. The first-order valence-corrected chi connectivity index (χ1v) is 6.52. The lowest BCUT2D eigenvalue weighted by molar-refractivity contribution is 0.124. The number of hydrogen-bond donors (Lipinski definition) is 1. The van der Waals surface area contributed by atoms with E-state index >= 15 is 0 Å². The van der Waals surface area contributed by atoms with Crippen LogP contribution in [0.2, 0.25) is 0 Å². The molecule has 0 radical (unpaired) electrons. The van der Waals surface area contributed by atoms with Gasteiger partial charge in [-0.25, -0.2) is 9.67 Å². The first-order chi connectivity index (χ1) is 8.22. The number of aliphatic hydroxyl groups excluding tert-OH is 1. The first kappa shape index (κ1) is 11.2. The highest BCUT2D eigenvalue weighted by Gasteiger charge is 2.25. The smallest absolute Gasteiger partial charge is 0.154 e. The van der Waals surface area contributed by atoms with Crippen LogP contribution in [0.25, 0.3) is 0 Å². The van der Waals surface area contributed by atoms with Crippen molar-refractivity contribution in [1.82, 2.24) is 19.7 Å². The molecule has 0 saturated carbocycles. The van der Waals surface area contributed by atoms with Crippen molar-refractivity contribution < 1.29 is 5.11 Å². The Kier molecular flexibility index (Phi) is 2.88. The van der Waals surface area contributed by atoms with E-state index in [4.69, 9.17) is 0 Å². The molecule has 94 valence electrons. The third-order valence-electron chi connectivity index (χ3n) is 3.93. The lowest BCUT2D eigenvalue weighted by atomic mass is 9.97. The minimum absolute atomic E-state index is 0.241. The number of likely N-dealkylation sites (tertiary alicyclic amines) is 1. The van der Waals surface area contributed by atoms with Crippen molar-refractivity contribution in [3.63, 3.8) is 0 Å². The summed E-state index contributed by atoms with van der Waals surface area (Å²) in [5, 5.41) is 14.2. The van der Waals surface area contributed by atoms with Gasteiger partial charge in [0.2, 0.25) is 0 Å². The van der Waals surface area contributed by atoms with Gasteiger partial charge < -0.3 is 10.0 Å². The van der Waals surface area contributed by atoms with Gasteiger partial charge in [-0.15, -0.1) is 0 Å². The highest BCUT2D eigenvalue weighted by atomic mass is 16.3. The van der Waals surface area contributed by atoms with Crippen molar-refractivity contribution >= 4 is 0 Å². The van der Waals surface area contributed by atoms with Gasteiger partial charge >= 0.3 is 0 Å². The van der Waals surface area contributed by atoms with Gasteiger partial charge in [0.15, 0.2) is 5.82 Å². The topological polar surface area (TPSA) is 54.2 Å². The van der Waals surface area contributed by atoms with Gasteiger partial charge in [-0.1, -0.05) is 0 Å². The molecule has 3 rings (SSSR count). The van der Waals surface area contributed by atoms with Crippen molar-refractivity contribution in [3.05, 3.63) is 11.6 Å². The molecule has 2 aliphatic heterocycles. The van der Waals surface area contributed by atoms with E-state index in [1.165, 1.54) is 0 Å². The maximum Gasteiger partial charge on any atom is 0.154 e. The van der Waals surface area contributed by atoms with Crippen LogP contribution in [0.4, 0.5) is 0 Å². The van der Waals surface area contributed by atoms with E-state index < -0.39 is 0 Å². The quantitative estimate of drug-likeness (QED) is 0.766. The van der Waals surface area contributed by atoms with Gasteiger partial charge in [-0.3, -0.25) is 0 Å². The van der Waals surface area contributed by atoms with E-state index in [0.29, 0.717) is 12.5 Å². The van der Waals surface area contributed by atoms with Crippen molar-refractivity contribution in [2.75, 3.05) is 20.1 Å². The minimum atomic E-state index is -0.241. The maximum atomic E-state index is 9.61. The number of aliphatic hydroxyl groups is 1. The third kappa shape index (κ3) is 2.21. The molecule has 2 aliphatic rings. The van der Waals surface area contributed by atoms with E-state index in [1.54, 1.807) is 0 Å². The monoisotopic (exact) mass is 236 g/mol. The molecular weight excluding hydrogens is 216 g/mol. The van der Waals surface area contributed by atoms with E-state index in [2.05, 4.69) is 22.0 Å². The molecule has 0 aromatic carbocycles. The molecule has 1 unspecified atom stereocenters. The average Bonchev–Trinajstić information content (AvgIpc) is 2.72. The van der Waals surface area contributed by atoms with Gasteiger partial charge in [0.1, 0.15) is 5.82 Å². The van der Waals surface area contributed by atoms with Gasteiger partial charge in [0, 0.05) is 12.3 Å². The van der Waals surface area contributed by atoms with Crippen LogP contribution in [0.3, 0.4) is 0 Å². The second-order valence-electron chi connectivity index (χ2n) is 5.34. The number of hydrogen-bond acceptors (Lipinski definition) is 4. The Morgan fingerprint density at radius 1 is 1.24 bits per heavy atom. The standard InChI is InChI=1S/C12H20N4O/c1-15-6-4-9(5-7-15)12-13-11-3-2-10(17)8-16(11)14-12/h9-10,17H,2-8H2,1H3. The Morgan fingerprint density at radius 2 is 2.00 bits per heavy atom. The molecule has 1 aromatic rings. The fraction of sp³-hybridized carbons (Fsp3) is 0.833. The van der Waals surface area contributed by atoms with Gasteiger partial charge in [-0.05, 0) is 39.4 Å². The molecule has 1 fully saturated rings. The number of rotatable bonds is 1. The highest BCUT2D eigenvalue weighted by molar-refractivity contribution is 5.03. The van der Waals surface area contributed by atoms with Crippen LogP contribution in [0.15, 0.2) is 0 Å². The molecule has 1 saturated heterocycles.